The van der Waals surface area contributed by atoms with E-state index < -0.39 is 0 Å². The van der Waals surface area contributed by atoms with Crippen molar-refractivity contribution < 1.29 is 4.74 Å². The summed E-state index contributed by atoms with van der Waals surface area (Å²) in [5.41, 5.74) is 1.69. The van der Waals surface area contributed by atoms with Gasteiger partial charge in [-0.25, -0.2) is 4.98 Å². The maximum Gasteiger partial charge on any atom is 0.123 e. The van der Waals surface area contributed by atoms with E-state index in [1.165, 1.54) is 0 Å². The zero-order valence-corrected chi connectivity index (χ0v) is 10.1. The fraction of sp³-hybridized carbons (Fsp3) is 0.417. The normalized spacial score (nSPS) is 23.4. The lowest BCUT2D eigenvalue weighted by atomic mass is 10.2. The third kappa shape index (κ3) is 2.12. The van der Waals surface area contributed by atoms with Crippen LogP contribution in [0.3, 0.4) is 0 Å². The van der Waals surface area contributed by atoms with E-state index in [1.54, 1.807) is 31.9 Å². The maximum atomic E-state index is 5.33. The molecule has 3 rings (SSSR count). The summed E-state index contributed by atoms with van der Waals surface area (Å²) >= 11 is 0. The number of nitrogens with zero attached hydrogens (tertiary/aromatic N) is 3. The third-order valence-corrected chi connectivity index (χ3v) is 3.19. The molecule has 1 aliphatic heterocycles. The number of nitrogens with one attached hydrogen (secondary N) is 2. The minimum Gasteiger partial charge on any atom is -0.380 e. The lowest BCUT2D eigenvalue weighted by Crippen LogP contribution is -2.16. The van der Waals surface area contributed by atoms with Gasteiger partial charge in [-0.05, 0) is 6.42 Å². The molecule has 18 heavy (non-hydrogen) atoms. The van der Waals surface area contributed by atoms with Crippen LogP contribution in [0.1, 0.15) is 18.3 Å². The molecule has 6 heteroatoms. The Balaban J connectivity index is 1.78. The molecule has 3 heterocycles. The van der Waals surface area contributed by atoms with Gasteiger partial charge in [-0.1, -0.05) is 0 Å². The third-order valence-electron chi connectivity index (χ3n) is 3.19. The SMILES string of the molecule is COC1CNC(c2ncc(-c3cnccn3)[nH]2)C1. The van der Waals surface area contributed by atoms with Crippen molar-refractivity contribution in [3.63, 3.8) is 0 Å². The second kappa shape index (κ2) is 4.83. The van der Waals surface area contributed by atoms with Crippen LogP contribution >= 0.6 is 0 Å². The van der Waals surface area contributed by atoms with Crippen molar-refractivity contribution in [3.8, 4) is 11.4 Å². The second-order valence-corrected chi connectivity index (χ2v) is 4.33. The van der Waals surface area contributed by atoms with E-state index in [2.05, 4.69) is 25.3 Å². The zero-order valence-electron chi connectivity index (χ0n) is 10.1. The lowest BCUT2D eigenvalue weighted by Gasteiger charge is -2.06. The van der Waals surface area contributed by atoms with Crippen LogP contribution in [-0.2, 0) is 4.74 Å². The predicted octanol–water partition coefficient (Wildman–Crippen LogP) is 0.916. The molecule has 0 aliphatic carbocycles. The van der Waals surface area contributed by atoms with Crippen LogP contribution < -0.4 is 5.32 Å². The van der Waals surface area contributed by atoms with E-state index in [-0.39, 0.29) is 12.1 Å². The van der Waals surface area contributed by atoms with E-state index in [0.717, 1.165) is 30.2 Å². The van der Waals surface area contributed by atoms with Gasteiger partial charge in [-0.2, -0.15) is 0 Å². The van der Waals surface area contributed by atoms with E-state index in [4.69, 9.17) is 4.74 Å². The molecule has 1 aliphatic rings. The first-order valence-corrected chi connectivity index (χ1v) is 5.94. The van der Waals surface area contributed by atoms with Gasteiger partial charge in [0.2, 0.25) is 0 Å². The Bertz CT molecular complexity index is 512. The molecule has 2 unspecified atom stereocenters. The van der Waals surface area contributed by atoms with E-state index >= 15 is 0 Å². The summed E-state index contributed by atoms with van der Waals surface area (Å²) in [6.07, 6.45) is 8.04. The van der Waals surface area contributed by atoms with Crippen LogP contribution in [0.2, 0.25) is 0 Å². The minimum atomic E-state index is 0.223. The number of aromatic nitrogens is 4. The number of hydrogen-bond donors (Lipinski definition) is 2. The highest BCUT2D eigenvalue weighted by Crippen LogP contribution is 2.24. The summed E-state index contributed by atoms with van der Waals surface area (Å²) in [5.74, 6) is 0.926. The average Bonchev–Trinajstić information content (AvgIpc) is 3.08. The zero-order chi connectivity index (χ0) is 12.4. The molecule has 1 saturated heterocycles. The molecule has 0 spiro atoms. The fourth-order valence-electron chi connectivity index (χ4n) is 2.17. The monoisotopic (exact) mass is 245 g/mol. The Hall–Kier alpha value is -1.79. The minimum absolute atomic E-state index is 0.223. The molecule has 0 saturated carbocycles. The largest absolute Gasteiger partial charge is 0.380 e. The molecule has 0 radical (unpaired) electrons. The smallest absolute Gasteiger partial charge is 0.123 e. The summed E-state index contributed by atoms with van der Waals surface area (Å²) in [4.78, 5) is 16.0. The molecule has 2 atom stereocenters. The highest BCUT2D eigenvalue weighted by molar-refractivity contribution is 5.51. The van der Waals surface area contributed by atoms with Gasteiger partial charge in [0, 0.05) is 26.0 Å². The van der Waals surface area contributed by atoms with Gasteiger partial charge in [0.05, 0.1) is 30.2 Å². The van der Waals surface area contributed by atoms with Crippen LogP contribution in [0.4, 0.5) is 0 Å². The van der Waals surface area contributed by atoms with Gasteiger partial charge in [0.25, 0.3) is 0 Å². The number of hydrogen-bond acceptors (Lipinski definition) is 5. The molecular weight excluding hydrogens is 230 g/mol. The van der Waals surface area contributed by atoms with Gasteiger partial charge in [-0.15, -0.1) is 0 Å². The van der Waals surface area contributed by atoms with E-state index in [1.807, 2.05) is 0 Å². The summed E-state index contributed by atoms with van der Waals surface area (Å²) < 4.78 is 5.33. The molecule has 1 fully saturated rings. The molecule has 2 N–H and O–H groups in total. The summed E-state index contributed by atoms with van der Waals surface area (Å²) in [5, 5.41) is 3.38. The van der Waals surface area contributed by atoms with Crippen molar-refractivity contribution >= 4 is 0 Å². The number of imidazole rings is 1. The molecule has 2 aromatic heterocycles. The van der Waals surface area contributed by atoms with Crippen molar-refractivity contribution in [2.75, 3.05) is 13.7 Å². The highest BCUT2D eigenvalue weighted by atomic mass is 16.5. The highest BCUT2D eigenvalue weighted by Gasteiger charge is 2.27. The summed E-state index contributed by atoms with van der Waals surface area (Å²) in [6.45, 7) is 0.863. The molecule has 0 aromatic carbocycles. The van der Waals surface area contributed by atoms with Gasteiger partial charge >= 0.3 is 0 Å². The second-order valence-electron chi connectivity index (χ2n) is 4.33. The first-order chi connectivity index (χ1) is 8.86. The quantitative estimate of drug-likeness (QED) is 0.840. The van der Waals surface area contributed by atoms with Crippen molar-refractivity contribution in [3.05, 3.63) is 30.6 Å². The van der Waals surface area contributed by atoms with Crippen LogP contribution in [0.15, 0.2) is 24.8 Å². The maximum absolute atomic E-state index is 5.33. The van der Waals surface area contributed by atoms with Gasteiger partial charge in [0.15, 0.2) is 0 Å². The van der Waals surface area contributed by atoms with Crippen LogP contribution in [0.25, 0.3) is 11.4 Å². The van der Waals surface area contributed by atoms with E-state index in [9.17, 15) is 0 Å². The van der Waals surface area contributed by atoms with Crippen LogP contribution in [-0.4, -0.2) is 39.7 Å². The molecule has 6 nitrogen and oxygen atoms in total. The number of ether oxygens (including phenoxy) is 1. The fourth-order valence-corrected chi connectivity index (χ4v) is 2.17. The van der Waals surface area contributed by atoms with Crippen molar-refractivity contribution in [2.45, 2.75) is 18.6 Å². The Kier molecular flexibility index (Phi) is 3.04. The Morgan fingerprint density at radius 2 is 2.22 bits per heavy atom. The molecule has 0 bridgehead atoms. The van der Waals surface area contributed by atoms with Gasteiger partial charge < -0.3 is 15.0 Å². The lowest BCUT2D eigenvalue weighted by molar-refractivity contribution is 0.117. The Labute approximate surface area is 105 Å². The molecular formula is C12H15N5O. The Morgan fingerprint density at radius 1 is 1.28 bits per heavy atom. The van der Waals surface area contributed by atoms with Crippen molar-refractivity contribution in [1.82, 2.24) is 25.3 Å². The number of methoxy groups -OCH3 is 1. The van der Waals surface area contributed by atoms with Crippen LogP contribution in [0, 0.1) is 0 Å². The first-order valence-electron chi connectivity index (χ1n) is 5.94. The standard InChI is InChI=1S/C12H15N5O/c1-18-8-4-9(15-5-8)12-16-7-11(17-12)10-6-13-2-3-14-10/h2-3,6-9,15H,4-5H2,1H3,(H,16,17). The Morgan fingerprint density at radius 3 is 2.94 bits per heavy atom. The molecule has 0 amide bonds. The number of H-pyrrole nitrogens is 1. The summed E-state index contributed by atoms with van der Waals surface area (Å²) in [7, 11) is 1.74. The van der Waals surface area contributed by atoms with Crippen molar-refractivity contribution in [2.24, 2.45) is 0 Å². The predicted molar refractivity (Wildman–Crippen MR) is 65.8 cm³/mol. The topological polar surface area (TPSA) is 75.7 Å². The average molecular weight is 245 g/mol. The van der Waals surface area contributed by atoms with Gasteiger partial charge in [0.1, 0.15) is 11.5 Å². The van der Waals surface area contributed by atoms with Crippen molar-refractivity contribution in [1.29, 1.82) is 0 Å². The number of aromatic amines is 1. The molecule has 2 aromatic rings. The van der Waals surface area contributed by atoms with E-state index in [0.29, 0.717) is 0 Å². The molecule has 94 valence electrons. The summed E-state index contributed by atoms with van der Waals surface area (Å²) in [6, 6.07) is 0.223. The van der Waals surface area contributed by atoms with Crippen LogP contribution in [0.5, 0.6) is 0 Å². The first kappa shape index (κ1) is 11.3. The number of rotatable bonds is 3. The van der Waals surface area contributed by atoms with Gasteiger partial charge in [-0.3, -0.25) is 9.97 Å².